The molecule has 0 saturated heterocycles. The molecule has 0 spiro atoms. The summed E-state index contributed by atoms with van der Waals surface area (Å²) in [7, 11) is 0. The fourth-order valence-electron chi connectivity index (χ4n) is 0.637. The molecule has 0 aliphatic rings. The van der Waals surface area contributed by atoms with Crippen LogP contribution in [0.2, 0.25) is 0 Å². The lowest BCUT2D eigenvalue weighted by Crippen LogP contribution is -2.46. The minimum atomic E-state index is -1.44. The highest BCUT2D eigenvalue weighted by Crippen LogP contribution is 1.98. The summed E-state index contributed by atoms with van der Waals surface area (Å²) in [6.07, 6.45) is 0. The third-order valence-electron chi connectivity index (χ3n) is 1.34. The average Bonchev–Trinajstić information content (AvgIpc) is 1.99. The van der Waals surface area contributed by atoms with Gasteiger partial charge in [-0.25, -0.2) is 0 Å². The number of aliphatic hydroxyl groups is 1. The second kappa shape index (κ2) is 4.81. The van der Waals surface area contributed by atoms with Crippen molar-refractivity contribution in [3.05, 3.63) is 0 Å². The molecule has 13 heavy (non-hydrogen) atoms. The van der Waals surface area contributed by atoms with Crippen LogP contribution in [-0.4, -0.2) is 35.6 Å². The molecule has 0 heterocycles. The van der Waals surface area contributed by atoms with Crippen molar-refractivity contribution in [1.82, 2.24) is 10.6 Å². The Kier molecular flexibility index (Phi) is 4.40. The number of carbonyl (C=O) groups is 2. The van der Waals surface area contributed by atoms with Gasteiger partial charge in [-0.05, 0) is 20.8 Å². The summed E-state index contributed by atoms with van der Waals surface area (Å²) < 4.78 is 0. The monoisotopic (exact) mass is 188 g/mol. The summed E-state index contributed by atoms with van der Waals surface area (Å²) in [5, 5.41) is 14.0. The Bertz CT molecular complexity index is 196. The molecule has 0 aromatic rings. The molecule has 0 rings (SSSR count). The minimum Gasteiger partial charge on any atom is -0.381 e. The van der Waals surface area contributed by atoms with Crippen molar-refractivity contribution in [2.75, 3.05) is 13.1 Å². The second-order valence-electron chi connectivity index (χ2n) is 3.20. The first-order chi connectivity index (χ1) is 5.88. The smallest absolute Gasteiger partial charge is 0.251 e. The first-order valence-corrected chi connectivity index (χ1v) is 4.15. The van der Waals surface area contributed by atoms with Gasteiger partial charge in [0.2, 0.25) is 5.91 Å². The van der Waals surface area contributed by atoms with Gasteiger partial charge < -0.3 is 15.7 Å². The summed E-state index contributed by atoms with van der Waals surface area (Å²) in [4.78, 5) is 21.9. The van der Waals surface area contributed by atoms with E-state index in [1.165, 1.54) is 13.8 Å². The van der Waals surface area contributed by atoms with Crippen molar-refractivity contribution >= 4 is 11.8 Å². The van der Waals surface area contributed by atoms with Crippen LogP contribution in [0.1, 0.15) is 20.8 Å². The number of nitrogens with one attached hydrogen (secondary N) is 2. The third-order valence-corrected chi connectivity index (χ3v) is 1.34. The highest BCUT2D eigenvalue weighted by atomic mass is 16.3. The maximum absolute atomic E-state index is 11.0. The zero-order valence-corrected chi connectivity index (χ0v) is 8.18. The molecule has 0 atom stereocenters. The summed E-state index contributed by atoms with van der Waals surface area (Å²) in [6.45, 7) is 4.93. The van der Waals surface area contributed by atoms with Crippen LogP contribution < -0.4 is 10.6 Å². The molecule has 5 heteroatoms. The predicted molar refractivity (Wildman–Crippen MR) is 48.0 cm³/mol. The van der Waals surface area contributed by atoms with Crippen molar-refractivity contribution in [2.24, 2.45) is 0 Å². The molecule has 0 bridgehead atoms. The summed E-state index contributed by atoms with van der Waals surface area (Å²) in [6, 6.07) is 0. The Balaban J connectivity index is 3.77. The third kappa shape index (κ3) is 5.19. The lowest BCUT2D eigenvalue weighted by molar-refractivity contribution is -0.137. The van der Waals surface area contributed by atoms with Crippen LogP contribution in [0.4, 0.5) is 0 Å². The van der Waals surface area contributed by atoms with E-state index in [0.29, 0.717) is 6.54 Å². The SMILES string of the molecule is CCNC(=O)CNC(=O)C(C)(C)O. The molecule has 3 N–H and O–H groups in total. The highest BCUT2D eigenvalue weighted by molar-refractivity contribution is 5.88. The molecule has 0 aromatic heterocycles. The summed E-state index contributed by atoms with van der Waals surface area (Å²) >= 11 is 0. The predicted octanol–water partition coefficient (Wildman–Crippen LogP) is -0.990. The maximum Gasteiger partial charge on any atom is 0.251 e. The number of likely N-dealkylation sites (N-methyl/N-ethyl adjacent to an activating group) is 1. The van der Waals surface area contributed by atoms with Gasteiger partial charge in [-0.1, -0.05) is 0 Å². The van der Waals surface area contributed by atoms with Crippen LogP contribution in [0.3, 0.4) is 0 Å². The van der Waals surface area contributed by atoms with E-state index >= 15 is 0 Å². The second-order valence-corrected chi connectivity index (χ2v) is 3.20. The van der Waals surface area contributed by atoms with E-state index in [9.17, 15) is 14.7 Å². The standard InChI is InChI=1S/C8H16N2O3/c1-4-9-6(11)5-10-7(12)8(2,3)13/h13H,4-5H2,1-3H3,(H,9,11)(H,10,12). The van der Waals surface area contributed by atoms with Crippen LogP contribution >= 0.6 is 0 Å². The van der Waals surface area contributed by atoms with E-state index in [4.69, 9.17) is 0 Å². The van der Waals surface area contributed by atoms with Crippen LogP contribution in [0.5, 0.6) is 0 Å². The molecular formula is C8H16N2O3. The molecular weight excluding hydrogens is 172 g/mol. The Labute approximate surface area is 77.5 Å². The van der Waals surface area contributed by atoms with Gasteiger partial charge in [-0.15, -0.1) is 0 Å². The van der Waals surface area contributed by atoms with Crippen molar-refractivity contribution in [3.8, 4) is 0 Å². The largest absolute Gasteiger partial charge is 0.381 e. The van der Waals surface area contributed by atoms with Crippen molar-refractivity contribution in [3.63, 3.8) is 0 Å². The van der Waals surface area contributed by atoms with Crippen molar-refractivity contribution in [1.29, 1.82) is 0 Å². The first-order valence-electron chi connectivity index (χ1n) is 4.15. The molecule has 0 aromatic carbocycles. The molecule has 2 amide bonds. The zero-order valence-electron chi connectivity index (χ0n) is 8.18. The lowest BCUT2D eigenvalue weighted by Gasteiger charge is -2.15. The Morgan fingerprint density at radius 2 is 1.85 bits per heavy atom. The summed E-state index contributed by atoms with van der Waals surface area (Å²) in [5.41, 5.74) is -1.44. The summed E-state index contributed by atoms with van der Waals surface area (Å²) in [5.74, 6) is -0.821. The quantitative estimate of drug-likeness (QED) is 0.530. The van der Waals surface area contributed by atoms with Crippen molar-refractivity contribution in [2.45, 2.75) is 26.4 Å². The fraction of sp³-hybridized carbons (Fsp3) is 0.750. The first kappa shape index (κ1) is 11.9. The van der Waals surface area contributed by atoms with Crippen LogP contribution in [0, 0.1) is 0 Å². The normalized spacial score (nSPS) is 10.8. The van der Waals surface area contributed by atoms with Gasteiger partial charge in [0.25, 0.3) is 5.91 Å². The molecule has 0 aliphatic carbocycles. The van der Waals surface area contributed by atoms with E-state index in [-0.39, 0.29) is 12.5 Å². The van der Waals surface area contributed by atoms with Gasteiger partial charge in [0.05, 0.1) is 6.54 Å². The Morgan fingerprint density at radius 1 is 1.31 bits per heavy atom. The molecule has 5 nitrogen and oxygen atoms in total. The highest BCUT2D eigenvalue weighted by Gasteiger charge is 2.23. The number of rotatable bonds is 4. The number of hydrogen-bond acceptors (Lipinski definition) is 3. The molecule has 0 fully saturated rings. The van der Waals surface area contributed by atoms with E-state index in [1.54, 1.807) is 6.92 Å². The van der Waals surface area contributed by atoms with E-state index in [1.807, 2.05) is 0 Å². The van der Waals surface area contributed by atoms with Gasteiger partial charge in [-0.2, -0.15) is 0 Å². The van der Waals surface area contributed by atoms with Gasteiger partial charge in [-0.3, -0.25) is 9.59 Å². The van der Waals surface area contributed by atoms with E-state index in [0.717, 1.165) is 0 Å². The molecule has 76 valence electrons. The fourth-order valence-corrected chi connectivity index (χ4v) is 0.637. The van der Waals surface area contributed by atoms with Crippen LogP contribution in [-0.2, 0) is 9.59 Å². The molecule has 0 saturated carbocycles. The zero-order chi connectivity index (χ0) is 10.5. The van der Waals surface area contributed by atoms with Gasteiger partial charge in [0, 0.05) is 6.54 Å². The lowest BCUT2D eigenvalue weighted by atomic mass is 10.1. The van der Waals surface area contributed by atoms with E-state index < -0.39 is 11.5 Å². The molecule has 0 unspecified atom stereocenters. The maximum atomic E-state index is 11.0. The van der Waals surface area contributed by atoms with Crippen LogP contribution in [0.15, 0.2) is 0 Å². The molecule has 0 radical (unpaired) electrons. The Hall–Kier alpha value is -1.10. The van der Waals surface area contributed by atoms with Gasteiger partial charge in [0.1, 0.15) is 5.60 Å². The number of hydrogen-bond donors (Lipinski definition) is 3. The average molecular weight is 188 g/mol. The van der Waals surface area contributed by atoms with Gasteiger partial charge >= 0.3 is 0 Å². The van der Waals surface area contributed by atoms with E-state index in [2.05, 4.69) is 10.6 Å². The topological polar surface area (TPSA) is 78.4 Å². The Morgan fingerprint density at radius 3 is 2.23 bits per heavy atom. The van der Waals surface area contributed by atoms with Crippen molar-refractivity contribution < 1.29 is 14.7 Å². The molecule has 0 aliphatic heterocycles. The van der Waals surface area contributed by atoms with Crippen LogP contribution in [0.25, 0.3) is 0 Å². The minimum absolute atomic E-state index is 0.101. The number of carbonyl (C=O) groups excluding carboxylic acids is 2. The number of amides is 2. The van der Waals surface area contributed by atoms with Gasteiger partial charge in [0.15, 0.2) is 0 Å².